The van der Waals surface area contributed by atoms with Crippen LogP contribution >= 0.6 is 11.6 Å². The molecule has 2 aromatic heterocycles. The van der Waals surface area contributed by atoms with E-state index in [-0.39, 0.29) is 33.2 Å². The number of hydrogen-bond acceptors (Lipinski definition) is 6. The Bertz CT molecular complexity index is 1680. The van der Waals surface area contributed by atoms with Gasteiger partial charge in [0.25, 0.3) is 11.1 Å². The average molecular weight is 532 g/mol. The van der Waals surface area contributed by atoms with Gasteiger partial charge < -0.3 is 9.72 Å². The number of aryl methyl sites for hydroxylation is 1. The number of nitrogens with one attached hydrogen (secondary N) is 2. The number of rotatable bonds is 5. The molecule has 0 amide bonds. The Morgan fingerprint density at radius 1 is 1.11 bits per heavy atom. The molecule has 0 fully saturated rings. The maximum atomic E-state index is 13.8. The van der Waals surface area contributed by atoms with E-state index in [2.05, 4.69) is 20.2 Å². The summed E-state index contributed by atoms with van der Waals surface area (Å²) < 4.78 is 60.2. The molecule has 8 nitrogen and oxygen atoms in total. The molecular weight excluding hydrogens is 518 g/mol. The molecule has 4 aromatic rings. The van der Waals surface area contributed by atoms with Crippen LogP contribution in [0.5, 0.6) is 11.5 Å². The predicted molar refractivity (Wildman–Crippen MR) is 124 cm³/mol. The number of ether oxygens (including phenoxy) is 1. The van der Waals surface area contributed by atoms with Crippen molar-refractivity contribution in [2.45, 2.75) is 19.5 Å². The second kappa shape index (κ2) is 9.87. The van der Waals surface area contributed by atoms with Crippen molar-refractivity contribution in [3.63, 3.8) is 0 Å². The van der Waals surface area contributed by atoms with Crippen molar-refractivity contribution < 1.29 is 22.3 Å². The monoisotopic (exact) mass is 531 g/mol. The minimum Gasteiger partial charge on any atom is -0.449 e. The normalized spacial score (nSPS) is 11.3. The third kappa shape index (κ3) is 5.68. The maximum absolute atomic E-state index is 13.8. The van der Waals surface area contributed by atoms with Crippen molar-refractivity contribution in [2.24, 2.45) is 0 Å². The Morgan fingerprint density at radius 2 is 1.86 bits per heavy atom. The average Bonchev–Trinajstić information content (AvgIpc) is 2.82. The number of halogens is 5. The molecule has 0 saturated carbocycles. The summed E-state index contributed by atoms with van der Waals surface area (Å²) in [5.74, 6) is -2.29. The highest BCUT2D eigenvalue weighted by atomic mass is 35.5. The van der Waals surface area contributed by atoms with Gasteiger partial charge in [0.15, 0.2) is 5.69 Å². The van der Waals surface area contributed by atoms with Gasteiger partial charge >= 0.3 is 6.18 Å². The Kier molecular flexibility index (Phi) is 6.82. The summed E-state index contributed by atoms with van der Waals surface area (Å²) in [7, 11) is 0. The highest BCUT2D eigenvalue weighted by molar-refractivity contribution is 6.30. The first-order valence-corrected chi connectivity index (χ1v) is 10.8. The van der Waals surface area contributed by atoms with E-state index in [1.165, 1.54) is 37.3 Å². The predicted octanol–water partition coefficient (Wildman–Crippen LogP) is 4.89. The number of H-pyrrole nitrogens is 2. The lowest BCUT2D eigenvalue weighted by molar-refractivity contribution is -0.142. The second-order valence-electron chi connectivity index (χ2n) is 7.82. The van der Waals surface area contributed by atoms with Crippen LogP contribution in [0.3, 0.4) is 0 Å². The lowest BCUT2D eigenvalue weighted by atomic mass is 10.0. The van der Waals surface area contributed by atoms with E-state index >= 15 is 0 Å². The summed E-state index contributed by atoms with van der Waals surface area (Å²) in [5, 5.41) is 15.1. The molecule has 0 unspecified atom stereocenters. The van der Waals surface area contributed by atoms with Gasteiger partial charge in [-0.3, -0.25) is 9.59 Å². The minimum absolute atomic E-state index is 0.00774. The fraction of sp³-hybridized carbons (Fsp3) is 0.125. The molecule has 188 valence electrons. The van der Waals surface area contributed by atoms with E-state index in [1.807, 2.05) is 0 Å². The number of aromatic nitrogens is 4. The maximum Gasteiger partial charge on any atom is 0.437 e. The van der Waals surface area contributed by atoms with Crippen molar-refractivity contribution in [2.75, 3.05) is 0 Å². The zero-order valence-electron chi connectivity index (χ0n) is 18.7. The Balaban J connectivity index is 1.73. The molecular formula is C24H14ClF4N5O3. The number of alkyl halides is 3. The van der Waals surface area contributed by atoms with Gasteiger partial charge in [0.05, 0.1) is 22.9 Å². The van der Waals surface area contributed by atoms with Gasteiger partial charge in [-0.05, 0) is 54.4 Å². The van der Waals surface area contributed by atoms with Gasteiger partial charge in [-0.25, -0.2) is 14.5 Å². The van der Waals surface area contributed by atoms with Crippen LogP contribution in [0.1, 0.15) is 28.3 Å². The van der Waals surface area contributed by atoms with Crippen molar-refractivity contribution in [3.8, 4) is 28.7 Å². The Morgan fingerprint density at radius 3 is 2.54 bits per heavy atom. The topological polar surface area (TPSA) is 125 Å². The smallest absolute Gasteiger partial charge is 0.437 e. The van der Waals surface area contributed by atoms with E-state index in [1.54, 1.807) is 6.07 Å². The fourth-order valence-electron chi connectivity index (χ4n) is 3.42. The van der Waals surface area contributed by atoms with Crippen molar-refractivity contribution in [1.82, 2.24) is 20.2 Å². The van der Waals surface area contributed by atoms with Gasteiger partial charge in [-0.1, -0.05) is 17.7 Å². The number of benzene rings is 2. The molecule has 0 aliphatic carbocycles. The minimum atomic E-state index is -5.08. The van der Waals surface area contributed by atoms with Crippen LogP contribution < -0.4 is 15.9 Å². The number of hydrogen-bond donors (Lipinski definition) is 2. The molecule has 0 radical (unpaired) electrons. The summed E-state index contributed by atoms with van der Waals surface area (Å²) in [5.41, 5.74) is -2.62. The SMILES string of the molecule is Cc1cc(-c2cc(Cc3nc(C(F)(F)F)c(Oc4cc(Cl)cc(C#N)c4)c(=O)[nH]3)n[nH]c2=O)ccc1F. The van der Waals surface area contributed by atoms with Gasteiger partial charge in [0.1, 0.15) is 17.4 Å². The van der Waals surface area contributed by atoms with Crippen LogP contribution in [-0.2, 0) is 12.6 Å². The quantitative estimate of drug-likeness (QED) is 0.353. The molecule has 0 aliphatic heterocycles. The highest BCUT2D eigenvalue weighted by Gasteiger charge is 2.39. The standard InChI is InChI=1S/C24H14ClF4N5O3/c1-11-4-13(2-3-18(11)26)17-8-15(33-34-22(17)35)9-19-31-21(24(27,28)29)20(23(36)32-19)37-16-6-12(10-30)5-14(25)7-16/h2-8H,9H2,1H3,(H,34,35)(H,31,32,36). The Labute approximate surface area is 210 Å². The molecule has 2 N–H and O–H groups in total. The molecule has 0 aliphatic rings. The third-order valence-corrected chi connectivity index (χ3v) is 5.31. The van der Waals surface area contributed by atoms with Crippen LogP contribution in [0, 0.1) is 24.1 Å². The van der Waals surface area contributed by atoms with Crippen molar-refractivity contribution >= 4 is 11.6 Å². The van der Waals surface area contributed by atoms with Crippen molar-refractivity contribution in [3.05, 3.63) is 102 Å². The number of aromatic amines is 2. The molecule has 0 saturated heterocycles. The third-order valence-electron chi connectivity index (χ3n) is 5.09. The van der Waals surface area contributed by atoms with Crippen LogP contribution in [0.15, 0.2) is 52.1 Å². The van der Waals surface area contributed by atoms with Gasteiger partial charge in [-0.2, -0.15) is 23.5 Å². The van der Waals surface area contributed by atoms with Crippen LogP contribution in [0.2, 0.25) is 5.02 Å². The first-order valence-electron chi connectivity index (χ1n) is 10.4. The van der Waals surface area contributed by atoms with E-state index < -0.39 is 46.8 Å². The summed E-state index contributed by atoms with van der Waals surface area (Å²) >= 11 is 5.86. The summed E-state index contributed by atoms with van der Waals surface area (Å²) in [6, 6.07) is 10.6. The fourth-order valence-corrected chi connectivity index (χ4v) is 3.64. The van der Waals surface area contributed by atoms with Crippen molar-refractivity contribution in [1.29, 1.82) is 5.26 Å². The van der Waals surface area contributed by atoms with E-state index in [0.29, 0.717) is 5.56 Å². The van der Waals surface area contributed by atoms with E-state index in [4.69, 9.17) is 21.6 Å². The first kappa shape index (κ1) is 25.6. The van der Waals surface area contributed by atoms with Gasteiger partial charge in [0, 0.05) is 11.4 Å². The molecule has 37 heavy (non-hydrogen) atoms. The lowest BCUT2D eigenvalue weighted by Crippen LogP contribution is -2.22. The Hall–Kier alpha value is -4.50. The lowest BCUT2D eigenvalue weighted by Gasteiger charge is -2.14. The highest BCUT2D eigenvalue weighted by Crippen LogP contribution is 2.35. The zero-order chi connectivity index (χ0) is 26.9. The zero-order valence-corrected chi connectivity index (χ0v) is 19.5. The second-order valence-corrected chi connectivity index (χ2v) is 8.26. The van der Waals surface area contributed by atoms with Gasteiger partial charge in [-0.15, -0.1) is 0 Å². The molecule has 4 rings (SSSR count). The summed E-state index contributed by atoms with van der Waals surface area (Å²) in [6.45, 7) is 1.51. The molecule has 13 heteroatoms. The summed E-state index contributed by atoms with van der Waals surface area (Å²) in [6.07, 6.45) is -5.47. The molecule has 0 atom stereocenters. The van der Waals surface area contributed by atoms with E-state index in [0.717, 1.165) is 12.1 Å². The number of nitrogens with zero attached hydrogens (tertiary/aromatic N) is 3. The molecule has 0 spiro atoms. The first-order chi connectivity index (χ1) is 17.4. The number of nitriles is 1. The van der Waals surface area contributed by atoms with Crippen LogP contribution in [0.25, 0.3) is 11.1 Å². The molecule has 2 heterocycles. The molecule has 2 aromatic carbocycles. The molecule has 0 bridgehead atoms. The summed E-state index contributed by atoms with van der Waals surface area (Å²) in [4.78, 5) is 30.6. The van der Waals surface area contributed by atoms with Gasteiger partial charge in [0.2, 0.25) is 5.75 Å². The largest absolute Gasteiger partial charge is 0.449 e. The van der Waals surface area contributed by atoms with E-state index in [9.17, 15) is 27.2 Å². The van der Waals surface area contributed by atoms with Crippen LogP contribution in [0.4, 0.5) is 17.6 Å². The van der Waals surface area contributed by atoms with Crippen LogP contribution in [-0.4, -0.2) is 20.2 Å².